The summed E-state index contributed by atoms with van der Waals surface area (Å²) in [4.78, 5) is 16.3. The van der Waals surface area contributed by atoms with Gasteiger partial charge in [-0.15, -0.1) is 0 Å². The van der Waals surface area contributed by atoms with Crippen LogP contribution in [-0.2, 0) is 0 Å². The second kappa shape index (κ2) is 4.73. The van der Waals surface area contributed by atoms with E-state index in [9.17, 15) is 4.79 Å². The zero-order valence-corrected chi connectivity index (χ0v) is 10.4. The Labute approximate surface area is 102 Å². The number of nitrogens with zero attached hydrogens (tertiary/aromatic N) is 1. The van der Waals surface area contributed by atoms with E-state index in [1.54, 1.807) is 13.1 Å². The average Bonchev–Trinajstić information content (AvgIpc) is 2.33. The van der Waals surface area contributed by atoms with E-state index in [2.05, 4.69) is 22.5 Å². The molecule has 2 rings (SSSR count). The molecule has 1 saturated carbocycles. The standard InChI is InChI=1S/C13H19N3O/c1-3-13(8-5-9-13)16-12(17)10-6-4-7-11(14-2)15-10/h4,6-7H,3,5,8-9H2,1-2H3,(H,14,15)(H,16,17). The Bertz CT molecular complexity index is 407. The van der Waals surface area contributed by atoms with E-state index in [1.807, 2.05) is 12.1 Å². The molecule has 1 aliphatic rings. The minimum atomic E-state index is -0.0661. The third-order valence-electron chi connectivity index (χ3n) is 3.60. The molecular formula is C13H19N3O. The van der Waals surface area contributed by atoms with Crippen LogP contribution in [0.1, 0.15) is 43.1 Å². The smallest absolute Gasteiger partial charge is 0.270 e. The van der Waals surface area contributed by atoms with Gasteiger partial charge in [0.2, 0.25) is 0 Å². The molecular weight excluding hydrogens is 214 g/mol. The van der Waals surface area contributed by atoms with Gasteiger partial charge in [-0.05, 0) is 37.8 Å². The van der Waals surface area contributed by atoms with Gasteiger partial charge in [0.25, 0.3) is 5.91 Å². The molecule has 1 aromatic rings. The normalized spacial score (nSPS) is 17.1. The van der Waals surface area contributed by atoms with Gasteiger partial charge < -0.3 is 10.6 Å². The van der Waals surface area contributed by atoms with Crippen molar-refractivity contribution in [2.75, 3.05) is 12.4 Å². The van der Waals surface area contributed by atoms with Gasteiger partial charge in [0.1, 0.15) is 11.5 Å². The van der Waals surface area contributed by atoms with Crippen LogP contribution in [0, 0.1) is 0 Å². The number of carbonyl (C=O) groups excluding carboxylic acids is 1. The first-order chi connectivity index (χ1) is 8.19. The maximum atomic E-state index is 12.1. The topological polar surface area (TPSA) is 54.0 Å². The van der Waals surface area contributed by atoms with Gasteiger partial charge in [0, 0.05) is 12.6 Å². The van der Waals surface area contributed by atoms with Crippen LogP contribution < -0.4 is 10.6 Å². The highest BCUT2D eigenvalue weighted by Gasteiger charge is 2.36. The molecule has 1 heterocycles. The number of aromatic nitrogens is 1. The second-order valence-corrected chi connectivity index (χ2v) is 4.60. The fourth-order valence-corrected chi connectivity index (χ4v) is 2.18. The molecule has 0 unspecified atom stereocenters. The molecule has 0 aliphatic heterocycles. The van der Waals surface area contributed by atoms with Crippen molar-refractivity contribution < 1.29 is 4.79 Å². The summed E-state index contributed by atoms with van der Waals surface area (Å²) < 4.78 is 0. The monoisotopic (exact) mass is 233 g/mol. The molecule has 0 spiro atoms. The first kappa shape index (κ1) is 11.9. The molecule has 4 nitrogen and oxygen atoms in total. The summed E-state index contributed by atoms with van der Waals surface area (Å²) in [6, 6.07) is 5.43. The van der Waals surface area contributed by atoms with Crippen molar-refractivity contribution in [2.24, 2.45) is 0 Å². The molecule has 17 heavy (non-hydrogen) atoms. The van der Waals surface area contributed by atoms with E-state index in [0.29, 0.717) is 5.69 Å². The zero-order chi connectivity index (χ0) is 12.3. The lowest BCUT2D eigenvalue weighted by atomic mass is 9.75. The lowest BCUT2D eigenvalue weighted by molar-refractivity contribution is 0.0815. The van der Waals surface area contributed by atoms with E-state index < -0.39 is 0 Å². The molecule has 92 valence electrons. The van der Waals surface area contributed by atoms with Crippen LogP contribution in [0.3, 0.4) is 0 Å². The van der Waals surface area contributed by atoms with Crippen LogP contribution in [0.25, 0.3) is 0 Å². The van der Waals surface area contributed by atoms with Crippen molar-refractivity contribution in [3.63, 3.8) is 0 Å². The Morgan fingerprint density at radius 1 is 1.47 bits per heavy atom. The largest absolute Gasteiger partial charge is 0.373 e. The van der Waals surface area contributed by atoms with Gasteiger partial charge in [0.05, 0.1) is 0 Å². The number of pyridine rings is 1. The number of carbonyl (C=O) groups is 1. The molecule has 1 aromatic heterocycles. The van der Waals surface area contributed by atoms with E-state index in [4.69, 9.17) is 0 Å². The maximum Gasteiger partial charge on any atom is 0.270 e. The molecule has 0 saturated heterocycles. The van der Waals surface area contributed by atoms with Gasteiger partial charge in [-0.25, -0.2) is 4.98 Å². The fraction of sp³-hybridized carbons (Fsp3) is 0.538. The predicted molar refractivity (Wildman–Crippen MR) is 68.1 cm³/mol. The minimum Gasteiger partial charge on any atom is -0.373 e. The quantitative estimate of drug-likeness (QED) is 0.838. The van der Waals surface area contributed by atoms with Crippen molar-refractivity contribution in [1.29, 1.82) is 0 Å². The summed E-state index contributed by atoms with van der Waals surface area (Å²) in [6.45, 7) is 2.12. The molecule has 0 bridgehead atoms. The lowest BCUT2D eigenvalue weighted by Gasteiger charge is -2.41. The molecule has 2 N–H and O–H groups in total. The number of hydrogen-bond donors (Lipinski definition) is 2. The van der Waals surface area contributed by atoms with Crippen LogP contribution in [0.15, 0.2) is 18.2 Å². The van der Waals surface area contributed by atoms with Crippen LogP contribution >= 0.6 is 0 Å². The van der Waals surface area contributed by atoms with E-state index in [-0.39, 0.29) is 11.4 Å². The van der Waals surface area contributed by atoms with Crippen LogP contribution in [0.5, 0.6) is 0 Å². The van der Waals surface area contributed by atoms with Crippen LogP contribution in [-0.4, -0.2) is 23.5 Å². The minimum absolute atomic E-state index is 0.0222. The molecule has 4 heteroatoms. The summed E-state index contributed by atoms with van der Waals surface area (Å²) in [7, 11) is 1.80. The maximum absolute atomic E-state index is 12.1. The van der Waals surface area contributed by atoms with Gasteiger partial charge in [-0.1, -0.05) is 13.0 Å². The Balaban J connectivity index is 2.08. The highest BCUT2D eigenvalue weighted by Crippen LogP contribution is 2.34. The molecule has 0 aromatic carbocycles. The molecule has 1 amide bonds. The number of rotatable bonds is 4. The third-order valence-corrected chi connectivity index (χ3v) is 3.60. The van der Waals surface area contributed by atoms with E-state index in [1.165, 1.54) is 6.42 Å². The lowest BCUT2D eigenvalue weighted by Crippen LogP contribution is -2.53. The SMILES string of the molecule is CCC1(NC(=O)c2cccc(NC)n2)CCC1. The van der Waals surface area contributed by atoms with Crippen molar-refractivity contribution in [2.45, 2.75) is 38.1 Å². The van der Waals surface area contributed by atoms with Crippen molar-refractivity contribution in [3.05, 3.63) is 23.9 Å². The van der Waals surface area contributed by atoms with Gasteiger partial charge in [-0.2, -0.15) is 0 Å². The molecule has 1 aliphatic carbocycles. The summed E-state index contributed by atoms with van der Waals surface area (Å²) in [5, 5.41) is 6.05. The zero-order valence-electron chi connectivity index (χ0n) is 10.4. The first-order valence-electron chi connectivity index (χ1n) is 6.16. The number of nitrogens with one attached hydrogen (secondary N) is 2. The Hall–Kier alpha value is -1.58. The molecule has 0 atom stereocenters. The van der Waals surface area contributed by atoms with Gasteiger partial charge in [-0.3, -0.25) is 4.79 Å². The summed E-state index contributed by atoms with van der Waals surface area (Å²) in [5.41, 5.74) is 0.505. The summed E-state index contributed by atoms with van der Waals surface area (Å²) in [6.07, 6.45) is 4.37. The van der Waals surface area contributed by atoms with Crippen LogP contribution in [0.2, 0.25) is 0 Å². The van der Waals surface area contributed by atoms with Crippen molar-refractivity contribution >= 4 is 11.7 Å². The highest BCUT2D eigenvalue weighted by atomic mass is 16.2. The summed E-state index contributed by atoms with van der Waals surface area (Å²) in [5.74, 6) is 0.653. The van der Waals surface area contributed by atoms with E-state index >= 15 is 0 Å². The Morgan fingerprint density at radius 3 is 2.76 bits per heavy atom. The predicted octanol–water partition coefficient (Wildman–Crippen LogP) is 2.19. The van der Waals surface area contributed by atoms with Gasteiger partial charge >= 0.3 is 0 Å². The highest BCUT2D eigenvalue weighted by molar-refractivity contribution is 5.93. The van der Waals surface area contributed by atoms with Crippen molar-refractivity contribution in [1.82, 2.24) is 10.3 Å². The first-order valence-corrected chi connectivity index (χ1v) is 6.16. The Kier molecular flexibility index (Phi) is 3.31. The summed E-state index contributed by atoms with van der Waals surface area (Å²) >= 11 is 0. The number of hydrogen-bond acceptors (Lipinski definition) is 3. The average molecular weight is 233 g/mol. The van der Waals surface area contributed by atoms with Gasteiger partial charge in [0.15, 0.2) is 0 Å². The second-order valence-electron chi connectivity index (χ2n) is 4.60. The Morgan fingerprint density at radius 2 is 2.24 bits per heavy atom. The number of anilines is 1. The van der Waals surface area contributed by atoms with Crippen LogP contribution in [0.4, 0.5) is 5.82 Å². The van der Waals surface area contributed by atoms with E-state index in [0.717, 1.165) is 25.1 Å². The molecule has 1 fully saturated rings. The molecule has 0 radical (unpaired) electrons. The number of amides is 1. The fourth-order valence-electron chi connectivity index (χ4n) is 2.18. The van der Waals surface area contributed by atoms with Crippen molar-refractivity contribution in [3.8, 4) is 0 Å². The third kappa shape index (κ3) is 2.40.